The number of anilines is 2. The van der Waals surface area contributed by atoms with Crippen LogP contribution in [0.2, 0.25) is 0 Å². The van der Waals surface area contributed by atoms with Gasteiger partial charge < -0.3 is 29.5 Å². The van der Waals surface area contributed by atoms with Crippen molar-refractivity contribution in [3.8, 4) is 11.5 Å². The van der Waals surface area contributed by atoms with E-state index < -0.39 is 12.3 Å². The molecule has 180 valence electrons. The van der Waals surface area contributed by atoms with Crippen molar-refractivity contribution in [2.75, 3.05) is 25.5 Å². The number of nitrogens with one attached hydrogen (secondary N) is 2. The van der Waals surface area contributed by atoms with Crippen LogP contribution in [0.3, 0.4) is 0 Å². The minimum Gasteiger partial charge on any atom is -0.496 e. The van der Waals surface area contributed by atoms with Crippen LogP contribution in [-0.4, -0.2) is 47.4 Å². The summed E-state index contributed by atoms with van der Waals surface area (Å²) in [7, 11) is 3.36. The predicted octanol–water partition coefficient (Wildman–Crippen LogP) is 4.73. The number of hydrogen-bond donors (Lipinski definition) is 2. The Balaban J connectivity index is 1.66. The summed E-state index contributed by atoms with van der Waals surface area (Å²) >= 11 is 1.18. The highest BCUT2D eigenvalue weighted by Crippen LogP contribution is 2.35. The Bertz CT molecular complexity index is 1340. The van der Waals surface area contributed by atoms with E-state index >= 15 is 0 Å². The van der Waals surface area contributed by atoms with E-state index in [4.69, 9.17) is 4.74 Å². The number of rotatable bonds is 9. The first-order valence-corrected chi connectivity index (χ1v) is 11.2. The van der Waals surface area contributed by atoms with Gasteiger partial charge in [0.25, 0.3) is 0 Å². The average Bonchev–Trinajstić information content (AvgIpc) is 3.32. The Kier molecular flexibility index (Phi) is 6.62. The van der Waals surface area contributed by atoms with Gasteiger partial charge in [-0.3, -0.25) is 0 Å². The van der Waals surface area contributed by atoms with Crippen molar-refractivity contribution in [3.63, 3.8) is 0 Å². The number of alkyl halides is 3. The third-order valence-electron chi connectivity index (χ3n) is 5.22. The first kappa shape index (κ1) is 23.8. The van der Waals surface area contributed by atoms with Crippen LogP contribution >= 0.6 is 11.3 Å². The molecule has 2 aromatic heterocycles. The van der Waals surface area contributed by atoms with Crippen LogP contribution < -0.4 is 20.1 Å². The number of aromatic nitrogens is 3. The smallest absolute Gasteiger partial charge is 0.496 e. The number of halogens is 3. The summed E-state index contributed by atoms with van der Waals surface area (Å²) < 4.78 is 49.4. The molecule has 0 aliphatic heterocycles. The fourth-order valence-corrected chi connectivity index (χ4v) is 4.48. The molecule has 2 aromatic carbocycles. The summed E-state index contributed by atoms with van der Waals surface area (Å²) in [6.45, 7) is 3.18. The van der Waals surface area contributed by atoms with E-state index in [2.05, 4.69) is 25.3 Å². The lowest BCUT2D eigenvalue weighted by Gasteiger charge is -2.15. The van der Waals surface area contributed by atoms with Gasteiger partial charge in [-0.1, -0.05) is 18.3 Å². The Labute approximate surface area is 196 Å². The zero-order valence-electron chi connectivity index (χ0n) is 18.6. The molecule has 0 fully saturated rings. The second kappa shape index (κ2) is 9.47. The third-order valence-corrected chi connectivity index (χ3v) is 6.16. The molecular weight excluding hydrogens is 471 g/mol. The number of imidazole rings is 1. The molecule has 1 unspecified atom stereocenters. The minimum atomic E-state index is -4.76. The Morgan fingerprint density at radius 2 is 2.00 bits per heavy atom. The summed E-state index contributed by atoms with van der Waals surface area (Å²) in [5.41, 5.74) is 2.69. The number of aryl methyl sites for hydroxylation is 1. The first-order chi connectivity index (χ1) is 16.2. The highest BCUT2D eigenvalue weighted by Gasteiger charge is 2.31. The molecule has 0 aliphatic rings. The number of benzene rings is 2. The van der Waals surface area contributed by atoms with Crippen molar-refractivity contribution in [1.82, 2.24) is 19.9 Å². The molecule has 4 rings (SSSR count). The van der Waals surface area contributed by atoms with E-state index in [1.165, 1.54) is 29.5 Å². The molecule has 0 aliphatic carbocycles. The lowest BCUT2D eigenvalue weighted by atomic mass is 9.98. The van der Waals surface area contributed by atoms with Crippen molar-refractivity contribution in [2.45, 2.75) is 19.2 Å². The zero-order chi connectivity index (χ0) is 24.5. The maximum absolute atomic E-state index is 12.5. The summed E-state index contributed by atoms with van der Waals surface area (Å²) in [6.07, 6.45) is -3.88. The average molecular weight is 494 g/mol. The largest absolute Gasteiger partial charge is 0.573 e. The number of carbonyl (C=O) groups is 1. The van der Waals surface area contributed by atoms with Gasteiger partial charge in [-0.25, -0.2) is 9.97 Å². The highest BCUT2D eigenvalue weighted by atomic mass is 32.1. The fourth-order valence-electron chi connectivity index (χ4n) is 3.60. The van der Waals surface area contributed by atoms with Crippen molar-refractivity contribution in [1.29, 1.82) is 0 Å². The monoisotopic (exact) mass is 493 g/mol. The van der Waals surface area contributed by atoms with Gasteiger partial charge in [-0.2, -0.15) is 0 Å². The number of ether oxygens (including phenoxy) is 2. The van der Waals surface area contributed by atoms with Gasteiger partial charge in [-0.05, 0) is 24.7 Å². The van der Waals surface area contributed by atoms with E-state index in [9.17, 15) is 18.0 Å². The maximum atomic E-state index is 12.5. The molecule has 0 spiro atoms. The Morgan fingerprint density at radius 1 is 1.21 bits per heavy atom. The maximum Gasteiger partial charge on any atom is 0.573 e. The fraction of sp³-hybridized carbons (Fsp3) is 0.318. The van der Waals surface area contributed by atoms with E-state index in [1.807, 2.05) is 30.7 Å². The molecule has 0 radical (unpaired) electrons. The lowest BCUT2D eigenvalue weighted by molar-refractivity contribution is -0.274. The summed E-state index contributed by atoms with van der Waals surface area (Å²) in [6, 6.07) is 7.63. The SMILES string of the molecule is CCNCC(C=O)c1cc2nc(Nc3nc4ccc(OC(F)(F)F)cc4s3)n(C)c2cc1OC. The standard InChI is InChI=1S/C22H22F3N5O3S/c1-4-26-10-12(11-31)14-8-16-17(9-18(14)32-3)30(2)20(27-16)29-21-28-15-6-5-13(7-19(15)34-21)33-22(23,24)25/h5-9,11-12,26H,4,10H2,1-3H3,(H,27,28,29). The van der Waals surface area contributed by atoms with Crippen molar-refractivity contribution >= 4 is 50.0 Å². The number of carbonyl (C=O) groups excluding carboxylic acids is 1. The first-order valence-electron chi connectivity index (χ1n) is 10.4. The zero-order valence-corrected chi connectivity index (χ0v) is 19.4. The molecule has 4 aromatic rings. The number of hydrogen-bond acceptors (Lipinski definition) is 8. The van der Waals surface area contributed by atoms with Crippen LogP contribution in [0.5, 0.6) is 11.5 Å². The lowest BCUT2D eigenvalue weighted by Crippen LogP contribution is -2.22. The van der Waals surface area contributed by atoms with E-state index in [-0.39, 0.29) is 5.75 Å². The highest BCUT2D eigenvalue weighted by molar-refractivity contribution is 7.22. The number of fused-ring (bicyclic) bond motifs is 2. The second-order valence-corrected chi connectivity index (χ2v) is 8.48. The minimum absolute atomic E-state index is 0.306. The summed E-state index contributed by atoms with van der Waals surface area (Å²) in [4.78, 5) is 20.8. The van der Waals surface area contributed by atoms with Crippen LogP contribution in [0.15, 0.2) is 30.3 Å². The van der Waals surface area contributed by atoms with Crippen LogP contribution in [-0.2, 0) is 11.8 Å². The summed E-state index contributed by atoms with van der Waals surface area (Å²) in [5, 5.41) is 6.76. The number of nitrogens with zero attached hydrogens (tertiary/aromatic N) is 3. The van der Waals surface area contributed by atoms with Gasteiger partial charge in [0.1, 0.15) is 17.8 Å². The van der Waals surface area contributed by atoms with E-state index in [0.717, 1.165) is 23.9 Å². The normalized spacial score (nSPS) is 12.8. The molecule has 0 saturated heterocycles. The van der Waals surface area contributed by atoms with Gasteiger partial charge in [0.2, 0.25) is 5.95 Å². The van der Waals surface area contributed by atoms with Crippen LogP contribution in [0.1, 0.15) is 18.4 Å². The molecule has 2 heterocycles. The van der Waals surface area contributed by atoms with Gasteiger partial charge in [0.05, 0.1) is 34.3 Å². The Morgan fingerprint density at radius 3 is 2.68 bits per heavy atom. The quantitative estimate of drug-likeness (QED) is 0.326. The molecule has 34 heavy (non-hydrogen) atoms. The number of aldehydes is 1. The summed E-state index contributed by atoms with van der Waals surface area (Å²) in [5.74, 6) is 0.360. The second-order valence-electron chi connectivity index (χ2n) is 7.45. The van der Waals surface area contributed by atoms with Crippen molar-refractivity contribution in [2.24, 2.45) is 7.05 Å². The molecular formula is C22H22F3N5O3S. The predicted molar refractivity (Wildman–Crippen MR) is 124 cm³/mol. The number of likely N-dealkylation sites (N-methyl/N-ethyl adjacent to an activating group) is 1. The molecule has 2 N–H and O–H groups in total. The van der Waals surface area contributed by atoms with Gasteiger partial charge >= 0.3 is 6.36 Å². The van der Waals surface area contributed by atoms with E-state index in [1.54, 1.807) is 7.11 Å². The van der Waals surface area contributed by atoms with Gasteiger partial charge in [-0.15, -0.1) is 13.2 Å². The van der Waals surface area contributed by atoms with Crippen LogP contribution in [0.25, 0.3) is 21.3 Å². The molecule has 8 nitrogen and oxygen atoms in total. The van der Waals surface area contributed by atoms with Gasteiger partial charge in [0, 0.05) is 31.3 Å². The number of methoxy groups -OCH3 is 1. The third kappa shape index (κ3) is 4.92. The Hall–Kier alpha value is -3.38. The topological polar surface area (TPSA) is 90.3 Å². The van der Waals surface area contributed by atoms with Crippen LogP contribution in [0, 0.1) is 0 Å². The number of thiazole rings is 1. The van der Waals surface area contributed by atoms with E-state index in [0.29, 0.717) is 39.1 Å². The molecule has 0 amide bonds. The van der Waals surface area contributed by atoms with Crippen LogP contribution in [0.4, 0.5) is 24.3 Å². The van der Waals surface area contributed by atoms with Crippen molar-refractivity contribution < 1.29 is 27.4 Å². The molecule has 0 bridgehead atoms. The molecule has 12 heteroatoms. The molecule has 0 saturated carbocycles. The van der Waals surface area contributed by atoms with Gasteiger partial charge in [0.15, 0.2) is 5.13 Å². The molecule has 1 atom stereocenters. The van der Waals surface area contributed by atoms with Crippen molar-refractivity contribution in [3.05, 3.63) is 35.9 Å².